The Hall–Kier alpha value is -0.980. The second-order valence-electron chi connectivity index (χ2n) is 4.19. The molecule has 0 radical (unpaired) electrons. The van der Waals surface area contributed by atoms with Crippen molar-refractivity contribution in [2.24, 2.45) is 0 Å². The molecule has 1 aromatic rings. The van der Waals surface area contributed by atoms with Crippen LogP contribution in [0.1, 0.15) is 18.4 Å². The molecule has 98 valence electrons. The van der Waals surface area contributed by atoms with Crippen LogP contribution in [0, 0.1) is 10.1 Å². The average molecular weight is 316 g/mol. The van der Waals surface area contributed by atoms with Gasteiger partial charge < -0.3 is 9.47 Å². The van der Waals surface area contributed by atoms with Gasteiger partial charge in [-0.05, 0) is 40.4 Å². The lowest BCUT2D eigenvalue weighted by molar-refractivity contribution is -0.385. The third-order valence-electron chi connectivity index (χ3n) is 2.80. The van der Waals surface area contributed by atoms with Crippen LogP contribution in [0.25, 0.3) is 0 Å². The van der Waals surface area contributed by atoms with Crippen molar-refractivity contribution in [2.45, 2.75) is 25.6 Å². The van der Waals surface area contributed by atoms with Gasteiger partial charge >= 0.3 is 0 Å². The first-order valence-electron chi connectivity index (χ1n) is 5.79. The molecule has 1 fully saturated rings. The first-order valence-corrected chi connectivity index (χ1v) is 6.58. The van der Waals surface area contributed by atoms with Crippen LogP contribution in [0.5, 0.6) is 0 Å². The molecule has 0 amide bonds. The van der Waals surface area contributed by atoms with Gasteiger partial charge in [0.25, 0.3) is 5.69 Å². The molecular weight excluding hydrogens is 302 g/mol. The van der Waals surface area contributed by atoms with Crippen molar-refractivity contribution >= 4 is 21.6 Å². The lowest BCUT2D eigenvalue weighted by atomic mass is 10.2. The van der Waals surface area contributed by atoms with Gasteiger partial charge in [-0.2, -0.15) is 0 Å². The van der Waals surface area contributed by atoms with E-state index >= 15 is 0 Å². The molecule has 0 aliphatic carbocycles. The van der Waals surface area contributed by atoms with Crippen LogP contribution in [-0.4, -0.2) is 24.2 Å². The van der Waals surface area contributed by atoms with Crippen LogP contribution >= 0.6 is 15.9 Å². The second-order valence-corrected chi connectivity index (χ2v) is 5.05. The van der Waals surface area contributed by atoms with E-state index in [1.54, 1.807) is 6.07 Å². The van der Waals surface area contributed by atoms with E-state index in [9.17, 15) is 10.1 Å². The van der Waals surface area contributed by atoms with Crippen LogP contribution in [0.4, 0.5) is 5.69 Å². The minimum Gasteiger partial charge on any atom is -0.376 e. The molecule has 0 aromatic heterocycles. The van der Waals surface area contributed by atoms with Crippen molar-refractivity contribution in [3.05, 3.63) is 38.3 Å². The quantitative estimate of drug-likeness (QED) is 0.619. The summed E-state index contributed by atoms with van der Waals surface area (Å²) in [6.45, 7) is 1.72. The first kappa shape index (κ1) is 13.5. The van der Waals surface area contributed by atoms with Gasteiger partial charge in [0.15, 0.2) is 0 Å². The molecule has 1 aliphatic heterocycles. The molecule has 5 nitrogen and oxygen atoms in total. The number of nitro benzene ring substituents is 1. The zero-order valence-corrected chi connectivity index (χ0v) is 11.4. The Bertz CT molecular complexity index is 432. The van der Waals surface area contributed by atoms with Crippen LogP contribution in [-0.2, 0) is 16.1 Å². The minimum atomic E-state index is -0.409. The van der Waals surface area contributed by atoms with Gasteiger partial charge in [-0.1, -0.05) is 6.07 Å². The van der Waals surface area contributed by atoms with Crippen LogP contribution in [0.2, 0.25) is 0 Å². The molecule has 1 unspecified atom stereocenters. The first-order chi connectivity index (χ1) is 8.66. The van der Waals surface area contributed by atoms with Gasteiger partial charge in [-0.3, -0.25) is 10.1 Å². The number of hydrogen-bond acceptors (Lipinski definition) is 4. The molecule has 6 heteroatoms. The lowest BCUT2D eigenvalue weighted by Crippen LogP contribution is -2.13. The van der Waals surface area contributed by atoms with Crippen LogP contribution in [0.15, 0.2) is 22.7 Å². The van der Waals surface area contributed by atoms with E-state index in [1.807, 2.05) is 6.07 Å². The molecule has 1 atom stereocenters. The zero-order valence-electron chi connectivity index (χ0n) is 9.80. The Labute approximate surface area is 113 Å². The maximum Gasteiger partial charge on any atom is 0.283 e. The molecule has 2 rings (SSSR count). The SMILES string of the molecule is O=[N+]([O-])c1cc(COCC2CCCO2)ccc1Br. The molecule has 1 aliphatic rings. The Morgan fingerprint density at radius 1 is 1.56 bits per heavy atom. The maximum atomic E-state index is 10.8. The monoisotopic (exact) mass is 315 g/mol. The molecule has 0 N–H and O–H groups in total. The topological polar surface area (TPSA) is 61.6 Å². The summed E-state index contributed by atoms with van der Waals surface area (Å²) in [6.07, 6.45) is 2.29. The molecule has 1 aromatic carbocycles. The lowest BCUT2D eigenvalue weighted by Gasteiger charge is -2.10. The summed E-state index contributed by atoms with van der Waals surface area (Å²) in [5.41, 5.74) is 0.858. The third kappa shape index (κ3) is 3.51. The van der Waals surface area contributed by atoms with E-state index in [0.29, 0.717) is 17.7 Å². The van der Waals surface area contributed by atoms with Crippen molar-refractivity contribution in [2.75, 3.05) is 13.2 Å². The number of rotatable bonds is 5. The summed E-state index contributed by atoms with van der Waals surface area (Å²) in [6, 6.07) is 5.01. The zero-order chi connectivity index (χ0) is 13.0. The maximum absolute atomic E-state index is 10.8. The Balaban J connectivity index is 1.88. The molecule has 1 heterocycles. The van der Waals surface area contributed by atoms with Crippen molar-refractivity contribution in [1.29, 1.82) is 0 Å². The van der Waals surface area contributed by atoms with Gasteiger partial charge in [0.2, 0.25) is 0 Å². The van der Waals surface area contributed by atoms with Gasteiger partial charge in [0.1, 0.15) is 0 Å². The number of nitrogens with zero attached hydrogens (tertiary/aromatic N) is 1. The fourth-order valence-electron chi connectivity index (χ4n) is 1.87. The third-order valence-corrected chi connectivity index (χ3v) is 3.47. The van der Waals surface area contributed by atoms with Gasteiger partial charge in [-0.15, -0.1) is 0 Å². The Kier molecular flexibility index (Phi) is 4.68. The molecule has 0 bridgehead atoms. The summed E-state index contributed by atoms with van der Waals surface area (Å²) in [5, 5.41) is 10.8. The number of halogens is 1. The van der Waals surface area contributed by atoms with Crippen molar-refractivity contribution < 1.29 is 14.4 Å². The fourth-order valence-corrected chi connectivity index (χ4v) is 2.26. The summed E-state index contributed by atoms with van der Waals surface area (Å²) in [7, 11) is 0. The van der Waals surface area contributed by atoms with Crippen LogP contribution < -0.4 is 0 Å². The highest BCUT2D eigenvalue weighted by molar-refractivity contribution is 9.10. The highest BCUT2D eigenvalue weighted by Gasteiger charge is 2.16. The molecule has 0 spiro atoms. The van der Waals surface area contributed by atoms with E-state index in [0.717, 1.165) is 25.0 Å². The summed E-state index contributed by atoms with van der Waals surface area (Å²) in [5.74, 6) is 0. The standard InChI is InChI=1S/C12H14BrNO4/c13-11-4-3-9(6-12(11)14(15)16)7-17-8-10-2-1-5-18-10/h3-4,6,10H,1-2,5,7-8H2. The highest BCUT2D eigenvalue weighted by Crippen LogP contribution is 2.26. The van der Waals surface area contributed by atoms with Crippen molar-refractivity contribution in [3.63, 3.8) is 0 Å². The predicted octanol–water partition coefficient (Wildman–Crippen LogP) is 3.05. The van der Waals surface area contributed by atoms with E-state index in [2.05, 4.69) is 15.9 Å². The Morgan fingerprint density at radius 3 is 3.06 bits per heavy atom. The van der Waals surface area contributed by atoms with Gasteiger partial charge in [0, 0.05) is 12.7 Å². The van der Waals surface area contributed by atoms with E-state index in [1.165, 1.54) is 6.07 Å². The normalized spacial score (nSPS) is 19.1. The molecule has 1 saturated heterocycles. The number of ether oxygens (including phenoxy) is 2. The van der Waals surface area contributed by atoms with Gasteiger partial charge in [-0.25, -0.2) is 0 Å². The second kappa shape index (κ2) is 6.26. The molecule has 0 saturated carbocycles. The largest absolute Gasteiger partial charge is 0.376 e. The van der Waals surface area contributed by atoms with E-state index < -0.39 is 4.92 Å². The van der Waals surface area contributed by atoms with Crippen LogP contribution in [0.3, 0.4) is 0 Å². The summed E-state index contributed by atoms with van der Waals surface area (Å²) >= 11 is 3.15. The highest BCUT2D eigenvalue weighted by atomic mass is 79.9. The van der Waals surface area contributed by atoms with E-state index in [4.69, 9.17) is 9.47 Å². The smallest absolute Gasteiger partial charge is 0.283 e. The van der Waals surface area contributed by atoms with E-state index in [-0.39, 0.29) is 11.8 Å². The minimum absolute atomic E-state index is 0.0632. The number of nitro groups is 1. The number of benzene rings is 1. The van der Waals surface area contributed by atoms with Crippen molar-refractivity contribution in [3.8, 4) is 0 Å². The fraction of sp³-hybridized carbons (Fsp3) is 0.500. The number of hydrogen-bond donors (Lipinski definition) is 0. The molecule has 18 heavy (non-hydrogen) atoms. The average Bonchev–Trinajstić information content (AvgIpc) is 2.84. The summed E-state index contributed by atoms with van der Waals surface area (Å²) < 4.78 is 11.4. The Morgan fingerprint density at radius 2 is 2.39 bits per heavy atom. The van der Waals surface area contributed by atoms with Crippen molar-refractivity contribution in [1.82, 2.24) is 0 Å². The van der Waals surface area contributed by atoms with Gasteiger partial charge in [0.05, 0.1) is 28.7 Å². The molecular formula is C12H14BrNO4. The predicted molar refractivity (Wildman–Crippen MR) is 69.4 cm³/mol. The summed E-state index contributed by atoms with van der Waals surface area (Å²) in [4.78, 5) is 10.4.